The molecule has 0 aliphatic rings. The van der Waals surface area contributed by atoms with Gasteiger partial charge in [-0.3, -0.25) is 14.9 Å². The van der Waals surface area contributed by atoms with Crippen molar-refractivity contribution >= 4 is 33.2 Å². The number of methoxy groups -OCH3 is 1. The molecule has 7 heteroatoms. The van der Waals surface area contributed by atoms with Gasteiger partial charge in [-0.05, 0) is 40.2 Å². The summed E-state index contributed by atoms with van der Waals surface area (Å²) in [6, 6.07) is 10.8. The molecule has 0 saturated carbocycles. The third-order valence-electron chi connectivity index (χ3n) is 2.76. The fourth-order valence-corrected chi connectivity index (χ4v) is 2.31. The number of rotatable bonds is 4. The zero-order valence-electron chi connectivity index (χ0n) is 11.0. The Bertz CT molecular complexity index is 703. The molecule has 2 rings (SSSR count). The van der Waals surface area contributed by atoms with E-state index in [1.165, 1.54) is 25.3 Å². The Kier molecular flexibility index (Phi) is 4.54. The highest BCUT2D eigenvalue weighted by atomic mass is 79.9. The average molecular weight is 351 g/mol. The standard InChI is InChI=1S/C14H11BrN2O4/c1-21-13-7-6-9(8-11(13)15)16-14(18)10-4-2-3-5-12(10)17(19)20/h2-8H,1H3,(H,16,18). The highest BCUT2D eigenvalue weighted by molar-refractivity contribution is 9.10. The van der Waals surface area contributed by atoms with E-state index in [1.807, 2.05) is 0 Å². The second-order valence-electron chi connectivity index (χ2n) is 4.08. The second kappa shape index (κ2) is 6.36. The van der Waals surface area contributed by atoms with Crippen molar-refractivity contribution in [1.29, 1.82) is 0 Å². The number of nitro groups is 1. The Hall–Kier alpha value is -2.41. The summed E-state index contributed by atoms with van der Waals surface area (Å²) in [6.45, 7) is 0. The number of hydrogen-bond acceptors (Lipinski definition) is 4. The van der Waals surface area contributed by atoms with Crippen molar-refractivity contribution in [1.82, 2.24) is 0 Å². The predicted octanol–water partition coefficient (Wildman–Crippen LogP) is 3.62. The van der Waals surface area contributed by atoms with Gasteiger partial charge in [0.2, 0.25) is 0 Å². The summed E-state index contributed by atoms with van der Waals surface area (Å²) in [7, 11) is 1.53. The van der Waals surface area contributed by atoms with E-state index < -0.39 is 10.8 Å². The Balaban J connectivity index is 2.26. The smallest absolute Gasteiger partial charge is 0.282 e. The summed E-state index contributed by atoms with van der Waals surface area (Å²) in [5.74, 6) is 0.0815. The Morgan fingerprint density at radius 2 is 2.00 bits per heavy atom. The van der Waals surface area contributed by atoms with Gasteiger partial charge < -0.3 is 10.1 Å². The average Bonchev–Trinajstić information content (AvgIpc) is 2.47. The number of halogens is 1. The molecule has 0 bridgehead atoms. The number of carbonyl (C=O) groups excluding carboxylic acids is 1. The monoisotopic (exact) mass is 350 g/mol. The minimum absolute atomic E-state index is 0.00874. The summed E-state index contributed by atoms with van der Waals surface area (Å²) in [4.78, 5) is 22.5. The van der Waals surface area contributed by atoms with Gasteiger partial charge in [0, 0.05) is 11.8 Å². The minimum Gasteiger partial charge on any atom is -0.496 e. The zero-order valence-corrected chi connectivity index (χ0v) is 12.6. The third kappa shape index (κ3) is 3.38. The van der Waals surface area contributed by atoms with Crippen LogP contribution in [0.25, 0.3) is 0 Å². The van der Waals surface area contributed by atoms with Crippen LogP contribution in [0.2, 0.25) is 0 Å². The zero-order chi connectivity index (χ0) is 15.4. The van der Waals surface area contributed by atoms with Gasteiger partial charge in [0.05, 0.1) is 16.5 Å². The van der Waals surface area contributed by atoms with Crippen LogP contribution in [-0.4, -0.2) is 17.9 Å². The van der Waals surface area contributed by atoms with E-state index in [1.54, 1.807) is 24.3 Å². The quantitative estimate of drug-likeness (QED) is 0.674. The molecule has 0 unspecified atom stereocenters. The number of anilines is 1. The number of hydrogen-bond donors (Lipinski definition) is 1. The maximum absolute atomic E-state index is 12.1. The molecule has 0 aromatic heterocycles. The molecule has 1 N–H and O–H groups in total. The van der Waals surface area contributed by atoms with Crippen molar-refractivity contribution in [2.24, 2.45) is 0 Å². The largest absolute Gasteiger partial charge is 0.496 e. The molecule has 1 amide bonds. The van der Waals surface area contributed by atoms with Crippen LogP contribution in [-0.2, 0) is 0 Å². The van der Waals surface area contributed by atoms with Crippen molar-refractivity contribution in [2.75, 3.05) is 12.4 Å². The van der Waals surface area contributed by atoms with E-state index in [-0.39, 0.29) is 11.3 Å². The van der Waals surface area contributed by atoms with E-state index >= 15 is 0 Å². The van der Waals surface area contributed by atoms with Crippen LogP contribution >= 0.6 is 15.9 Å². The lowest BCUT2D eigenvalue weighted by atomic mass is 10.1. The van der Waals surface area contributed by atoms with E-state index in [4.69, 9.17) is 4.74 Å². The topological polar surface area (TPSA) is 81.5 Å². The fraction of sp³-hybridized carbons (Fsp3) is 0.0714. The van der Waals surface area contributed by atoms with E-state index in [0.29, 0.717) is 15.9 Å². The maximum Gasteiger partial charge on any atom is 0.282 e. The van der Waals surface area contributed by atoms with Gasteiger partial charge >= 0.3 is 0 Å². The maximum atomic E-state index is 12.1. The fourth-order valence-electron chi connectivity index (χ4n) is 1.77. The summed E-state index contributed by atoms with van der Waals surface area (Å²) < 4.78 is 5.76. The van der Waals surface area contributed by atoms with E-state index in [9.17, 15) is 14.9 Å². The number of nitrogens with one attached hydrogen (secondary N) is 1. The lowest BCUT2D eigenvalue weighted by Crippen LogP contribution is -2.13. The second-order valence-corrected chi connectivity index (χ2v) is 4.93. The molecule has 21 heavy (non-hydrogen) atoms. The number of benzene rings is 2. The van der Waals surface area contributed by atoms with Gasteiger partial charge in [0.25, 0.3) is 11.6 Å². The normalized spacial score (nSPS) is 10.0. The van der Waals surface area contributed by atoms with Crippen LogP contribution in [0.15, 0.2) is 46.9 Å². The number of amides is 1. The van der Waals surface area contributed by atoms with Crippen molar-refractivity contribution < 1.29 is 14.5 Å². The molecule has 0 fully saturated rings. The van der Waals surface area contributed by atoms with Crippen LogP contribution in [0.5, 0.6) is 5.75 Å². The highest BCUT2D eigenvalue weighted by Gasteiger charge is 2.19. The lowest BCUT2D eigenvalue weighted by molar-refractivity contribution is -0.385. The van der Waals surface area contributed by atoms with E-state index in [0.717, 1.165) is 0 Å². The number of nitrogens with zero attached hydrogens (tertiary/aromatic N) is 1. The molecular formula is C14H11BrN2O4. The van der Waals surface area contributed by atoms with Gasteiger partial charge in [0.1, 0.15) is 11.3 Å². The first kappa shape index (κ1) is 15.0. The Labute approximate surface area is 129 Å². The Morgan fingerprint density at radius 1 is 1.29 bits per heavy atom. The molecule has 0 radical (unpaired) electrons. The van der Waals surface area contributed by atoms with Crippen LogP contribution in [0.3, 0.4) is 0 Å². The number of para-hydroxylation sites is 1. The molecule has 0 atom stereocenters. The van der Waals surface area contributed by atoms with E-state index in [2.05, 4.69) is 21.2 Å². The molecule has 2 aromatic carbocycles. The van der Waals surface area contributed by atoms with Gasteiger partial charge in [-0.15, -0.1) is 0 Å². The summed E-state index contributed by atoms with van der Waals surface area (Å²) in [5.41, 5.74) is 0.280. The molecule has 0 saturated heterocycles. The third-order valence-corrected chi connectivity index (χ3v) is 3.37. The molecule has 2 aromatic rings. The first-order valence-electron chi connectivity index (χ1n) is 5.91. The van der Waals surface area contributed by atoms with Gasteiger partial charge in [0.15, 0.2) is 0 Å². The van der Waals surface area contributed by atoms with Crippen LogP contribution in [0.4, 0.5) is 11.4 Å². The summed E-state index contributed by atoms with van der Waals surface area (Å²) in [6.07, 6.45) is 0. The van der Waals surface area contributed by atoms with Crippen molar-refractivity contribution in [3.63, 3.8) is 0 Å². The van der Waals surface area contributed by atoms with Crippen molar-refractivity contribution in [2.45, 2.75) is 0 Å². The molecule has 0 aliphatic carbocycles. The molecule has 108 valence electrons. The van der Waals surface area contributed by atoms with Crippen LogP contribution in [0, 0.1) is 10.1 Å². The molecule has 0 aliphatic heterocycles. The summed E-state index contributed by atoms with van der Waals surface area (Å²) in [5, 5.41) is 13.5. The van der Waals surface area contributed by atoms with Gasteiger partial charge in [-0.25, -0.2) is 0 Å². The highest BCUT2D eigenvalue weighted by Crippen LogP contribution is 2.28. The molecular weight excluding hydrogens is 340 g/mol. The van der Waals surface area contributed by atoms with Crippen molar-refractivity contribution in [3.8, 4) is 5.75 Å². The van der Waals surface area contributed by atoms with Crippen molar-refractivity contribution in [3.05, 3.63) is 62.6 Å². The Morgan fingerprint density at radius 3 is 2.62 bits per heavy atom. The molecule has 0 heterocycles. The first-order chi connectivity index (χ1) is 10.0. The lowest BCUT2D eigenvalue weighted by Gasteiger charge is -2.08. The van der Waals surface area contributed by atoms with Crippen LogP contribution in [0.1, 0.15) is 10.4 Å². The number of ether oxygens (including phenoxy) is 1. The first-order valence-corrected chi connectivity index (χ1v) is 6.70. The predicted molar refractivity (Wildman–Crippen MR) is 81.7 cm³/mol. The number of carbonyl (C=O) groups is 1. The van der Waals surface area contributed by atoms with Crippen LogP contribution < -0.4 is 10.1 Å². The van der Waals surface area contributed by atoms with Gasteiger partial charge in [-0.2, -0.15) is 0 Å². The number of nitro benzene ring substituents is 1. The molecule has 6 nitrogen and oxygen atoms in total. The van der Waals surface area contributed by atoms with Gasteiger partial charge in [-0.1, -0.05) is 12.1 Å². The minimum atomic E-state index is -0.584. The SMILES string of the molecule is COc1ccc(NC(=O)c2ccccc2[N+](=O)[O-])cc1Br. The summed E-state index contributed by atoms with van der Waals surface area (Å²) >= 11 is 3.31. The molecule has 0 spiro atoms.